The van der Waals surface area contributed by atoms with Crippen molar-refractivity contribution >= 4 is 10.0 Å². The molecule has 108 valence electrons. The molecule has 0 atom stereocenters. The Hall–Kier alpha value is -1.11. The monoisotopic (exact) mass is 286 g/mol. The van der Waals surface area contributed by atoms with Crippen molar-refractivity contribution in [1.82, 2.24) is 10.0 Å². The standard InChI is InChI=1S/C13H22N2O3S/c1-3-9-18-13-6-4-5-12(10-13)11-14-7-8-15-19(2,16)17/h4-6,10,14-15H,3,7-9,11H2,1-2H3. The largest absolute Gasteiger partial charge is 0.494 e. The van der Waals surface area contributed by atoms with E-state index < -0.39 is 10.0 Å². The first-order valence-electron chi connectivity index (χ1n) is 6.38. The van der Waals surface area contributed by atoms with Gasteiger partial charge < -0.3 is 10.1 Å². The first-order chi connectivity index (χ1) is 9.01. The van der Waals surface area contributed by atoms with Crippen molar-refractivity contribution in [3.63, 3.8) is 0 Å². The van der Waals surface area contributed by atoms with Gasteiger partial charge in [-0.3, -0.25) is 0 Å². The van der Waals surface area contributed by atoms with Gasteiger partial charge in [0.05, 0.1) is 12.9 Å². The predicted octanol–water partition coefficient (Wildman–Crippen LogP) is 1.11. The molecule has 2 N–H and O–H groups in total. The summed E-state index contributed by atoms with van der Waals surface area (Å²) in [6.45, 7) is 4.46. The molecule has 0 fully saturated rings. The van der Waals surface area contributed by atoms with Crippen molar-refractivity contribution in [3.8, 4) is 5.75 Å². The van der Waals surface area contributed by atoms with Crippen LogP contribution < -0.4 is 14.8 Å². The smallest absolute Gasteiger partial charge is 0.208 e. The maximum atomic E-state index is 10.9. The fourth-order valence-corrected chi connectivity index (χ4v) is 2.00. The summed E-state index contributed by atoms with van der Waals surface area (Å²) in [5.74, 6) is 0.871. The SMILES string of the molecule is CCCOc1cccc(CNCCNS(C)(=O)=O)c1. The van der Waals surface area contributed by atoms with Crippen LogP contribution >= 0.6 is 0 Å². The minimum atomic E-state index is -3.10. The molecule has 0 unspecified atom stereocenters. The van der Waals surface area contributed by atoms with Crippen LogP contribution in [0.2, 0.25) is 0 Å². The zero-order valence-corrected chi connectivity index (χ0v) is 12.3. The van der Waals surface area contributed by atoms with E-state index in [0.29, 0.717) is 19.6 Å². The Labute approximate surface area is 115 Å². The van der Waals surface area contributed by atoms with Crippen LogP contribution in [-0.4, -0.2) is 34.4 Å². The van der Waals surface area contributed by atoms with Crippen molar-refractivity contribution in [1.29, 1.82) is 0 Å². The van der Waals surface area contributed by atoms with E-state index in [1.807, 2.05) is 24.3 Å². The van der Waals surface area contributed by atoms with Crippen molar-refractivity contribution in [2.75, 3.05) is 26.0 Å². The second-order valence-electron chi connectivity index (χ2n) is 4.34. The van der Waals surface area contributed by atoms with Gasteiger partial charge in [0.2, 0.25) is 10.0 Å². The predicted molar refractivity (Wildman–Crippen MR) is 76.8 cm³/mol. The van der Waals surface area contributed by atoms with Crippen LogP contribution in [0.4, 0.5) is 0 Å². The number of sulfonamides is 1. The highest BCUT2D eigenvalue weighted by Gasteiger charge is 1.99. The summed E-state index contributed by atoms with van der Waals surface area (Å²) >= 11 is 0. The molecule has 0 heterocycles. The van der Waals surface area contributed by atoms with E-state index in [9.17, 15) is 8.42 Å². The van der Waals surface area contributed by atoms with Gasteiger partial charge in [-0.1, -0.05) is 19.1 Å². The molecular formula is C13H22N2O3S. The van der Waals surface area contributed by atoms with Crippen molar-refractivity contribution < 1.29 is 13.2 Å². The highest BCUT2D eigenvalue weighted by Crippen LogP contribution is 2.13. The van der Waals surface area contributed by atoms with E-state index in [0.717, 1.165) is 30.6 Å². The van der Waals surface area contributed by atoms with Crippen LogP contribution in [0.5, 0.6) is 5.75 Å². The van der Waals surface area contributed by atoms with Crippen molar-refractivity contribution in [2.24, 2.45) is 0 Å². The molecule has 1 aromatic rings. The molecular weight excluding hydrogens is 264 g/mol. The summed E-state index contributed by atoms with van der Waals surface area (Å²) in [4.78, 5) is 0. The van der Waals surface area contributed by atoms with Crippen LogP contribution in [0.25, 0.3) is 0 Å². The van der Waals surface area contributed by atoms with E-state index in [4.69, 9.17) is 4.74 Å². The molecule has 0 radical (unpaired) electrons. The highest BCUT2D eigenvalue weighted by atomic mass is 32.2. The first-order valence-corrected chi connectivity index (χ1v) is 8.27. The molecule has 1 rings (SSSR count). The van der Waals surface area contributed by atoms with Gasteiger partial charge in [0.1, 0.15) is 5.75 Å². The summed E-state index contributed by atoms with van der Waals surface area (Å²) in [7, 11) is -3.10. The summed E-state index contributed by atoms with van der Waals surface area (Å²) in [5, 5.41) is 3.18. The van der Waals surface area contributed by atoms with Crippen LogP contribution in [0, 0.1) is 0 Å². The minimum Gasteiger partial charge on any atom is -0.494 e. The number of benzene rings is 1. The number of hydrogen-bond donors (Lipinski definition) is 2. The van der Waals surface area contributed by atoms with Crippen LogP contribution in [0.1, 0.15) is 18.9 Å². The minimum absolute atomic E-state index is 0.394. The Kier molecular flexibility index (Phi) is 6.83. The molecule has 0 aliphatic carbocycles. The van der Waals surface area contributed by atoms with E-state index >= 15 is 0 Å². The quantitative estimate of drug-likeness (QED) is 0.667. The maximum absolute atomic E-state index is 10.9. The number of rotatable bonds is 9. The van der Waals surface area contributed by atoms with Gasteiger partial charge >= 0.3 is 0 Å². The molecule has 0 aliphatic heterocycles. The van der Waals surface area contributed by atoms with E-state index in [-0.39, 0.29) is 0 Å². The first kappa shape index (κ1) is 15.9. The van der Waals surface area contributed by atoms with Crippen LogP contribution in [0.15, 0.2) is 24.3 Å². The van der Waals surface area contributed by atoms with Crippen molar-refractivity contribution in [2.45, 2.75) is 19.9 Å². The van der Waals surface area contributed by atoms with Gasteiger partial charge in [-0.2, -0.15) is 0 Å². The molecule has 5 nitrogen and oxygen atoms in total. The van der Waals surface area contributed by atoms with Gasteiger partial charge in [0, 0.05) is 19.6 Å². The normalized spacial score (nSPS) is 11.5. The summed E-state index contributed by atoms with van der Waals surface area (Å²) in [5.41, 5.74) is 1.12. The molecule has 1 aromatic carbocycles. The average molecular weight is 286 g/mol. The highest BCUT2D eigenvalue weighted by molar-refractivity contribution is 7.88. The molecule has 0 spiro atoms. The zero-order chi connectivity index (χ0) is 14.1. The number of nitrogens with one attached hydrogen (secondary N) is 2. The second-order valence-corrected chi connectivity index (χ2v) is 6.17. The number of hydrogen-bond acceptors (Lipinski definition) is 4. The second kappa shape index (κ2) is 8.14. The maximum Gasteiger partial charge on any atom is 0.208 e. The molecule has 0 aliphatic rings. The van der Waals surface area contributed by atoms with Gasteiger partial charge in [0.25, 0.3) is 0 Å². The van der Waals surface area contributed by atoms with E-state index in [2.05, 4.69) is 17.0 Å². The Morgan fingerprint density at radius 2 is 2.05 bits per heavy atom. The van der Waals surface area contributed by atoms with Crippen LogP contribution in [-0.2, 0) is 16.6 Å². The lowest BCUT2D eigenvalue weighted by atomic mass is 10.2. The van der Waals surface area contributed by atoms with Crippen LogP contribution in [0.3, 0.4) is 0 Å². The summed E-state index contributed by atoms with van der Waals surface area (Å²) in [6, 6.07) is 7.89. The van der Waals surface area contributed by atoms with Crippen molar-refractivity contribution in [3.05, 3.63) is 29.8 Å². The third kappa shape index (κ3) is 7.81. The Bertz CT molecular complexity index is 475. The van der Waals surface area contributed by atoms with E-state index in [1.165, 1.54) is 0 Å². The Morgan fingerprint density at radius 3 is 2.74 bits per heavy atom. The van der Waals surface area contributed by atoms with Gasteiger partial charge in [-0.25, -0.2) is 13.1 Å². The molecule has 0 saturated heterocycles. The number of ether oxygens (including phenoxy) is 1. The third-order valence-corrected chi connectivity index (χ3v) is 3.09. The van der Waals surface area contributed by atoms with Gasteiger partial charge in [-0.15, -0.1) is 0 Å². The summed E-state index contributed by atoms with van der Waals surface area (Å²) in [6.07, 6.45) is 2.14. The lowest BCUT2D eigenvalue weighted by Gasteiger charge is -2.08. The van der Waals surface area contributed by atoms with Gasteiger partial charge in [-0.05, 0) is 24.1 Å². The fraction of sp³-hybridized carbons (Fsp3) is 0.538. The molecule has 0 saturated carbocycles. The Morgan fingerprint density at radius 1 is 1.26 bits per heavy atom. The third-order valence-electron chi connectivity index (χ3n) is 2.37. The fourth-order valence-electron chi connectivity index (χ4n) is 1.52. The molecule has 6 heteroatoms. The van der Waals surface area contributed by atoms with E-state index in [1.54, 1.807) is 0 Å². The molecule has 0 aromatic heterocycles. The molecule has 0 amide bonds. The topological polar surface area (TPSA) is 67.4 Å². The summed E-state index contributed by atoms with van der Waals surface area (Å²) < 4.78 is 29.7. The zero-order valence-electron chi connectivity index (χ0n) is 11.5. The lowest BCUT2D eigenvalue weighted by Crippen LogP contribution is -2.30. The molecule has 0 bridgehead atoms. The average Bonchev–Trinajstić information content (AvgIpc) is 2.35. The Balaban J connectivity index is 2.29. The molecule has 19 heavy (non-hydrogen) atoms. The van der Waals surface area contributed by atoms with Gasteiger partial charge in [0.15, 0.2) is 0 Å². The lowest BCUT2D eigenvalue weighted by molar-refractivity contribution is 0.317.